The van der Waals surface area contributed by atoms with E-state index in [1.54, 1.807) is 17.4 Å². The second-order valence-electron chi connectivity index (χ2n) is 4.45. The van der Waals surface area contributed by atoms with Crippen molar-refractivity contribution < 1.29 is 14.3 Å². The van der Waals surface area contributed by atoms with Gasteiger partial charge in [-0.05, 0) is 39.0 Å². The van der Waals surface area contributed by atoms with Crippen molar-refractivity contribution >= 4 is 17.1 Å². The summed E-state index contributed by atoms with van der Waals surface area (Å²) in [5.41, 5.74) is 0.758. The maximum absolute atomic E-state index is 12.1. The van der Waals surface area contributed by atoms with E-state index >= 15 is 0 Å². The van der Waals surface area contributed by atoms with Crippen molar-refractivity contribution in [3.05, 3.63) is 45.6 Å². The number of benzene rings is 1. The highest BCUT2D eigenvalue weighted by Crippen LogP contribution is 2.22. The molecule has 0 aliphatic carbocycles. The molecule has 0 unspecified atom stereocenters. The van der Waals surface area contributed by atoms with Crippen LogP contribution < -0.4 is 9.47 Å². The van der Waals surface area contributed by atoms with Crippen LogP contribution in [0.5, 0.6) is 11.5 Å². The number of Topliss-reactive ketones (excluding diaryl/α,β-unsaturated/α-hetero) is 1. The van der Waals surface area contributed by atoms with Crippen LogP contribution in [0.4, 0.5) is 0 Å². The topological polar surface area (TPSA) is 35.5 Å². The van der Waals surface area contributed by atoms with Crippen molar-refractivity contribution in [1.82, 2.24) is 0 Å². The molecule has 0 radical (unpaired) electrons. The molecular formula is C16H18O3S. The van der Waals surface area contributed by atoms with Gasteiger partial charge >= 0.3 is 0 Å². The molecule has 0 spiro atoms. The maximum atomic E-state index is 12.1. The van der Waals surface area contributed by atoms with Crippen LogP contribution in [0.15, 0.2) is 30.3 Å². The lowest BCUT2D eigenvalue weighted by Gasteiger charge is -2.08. The summed E-state index contributed by atoms with van der Waals surface area (Å²) in [6.07, 6.45) is 0. The van der Waals surface area contributed by atoms with Gasteiger partial charge in [-0.1, -0.05) is 6.07 Å². The monoisotopic (exact) mass is 290 g/mol. The molecule has 0 atom stereocenters. The van der Waals surface area contributed by atoms with Crippen LogP contribution in [-0.4, -0.2) is 19.0 Å². The number of ether oxygens (including phenoxy) is 2. The molecule has 4 heteroatoms. The number of carbonyl (C=O) groups excluding carboxylic acids is 1. The summed E-state index contributed by atoms with van der Waals surface area (Å²) in [4.78, 5) is 14.3. The molecule has 0 N–H and O–H groups in total. The normalized spacial score (nSPS) is 10.3. The summed E-state index contributed by atoms with van der Waals surface area (Å²) in [6.45, 7) is 6.54. The maximum Gasteiger partial charge on any atom is 0.201 e. The fourth-order valence-corrected chi connectivity index (χ4v) is 2.90. The van der Waals surface area contributed by atoms with Crippen LogP contribution in [0, 0.1) is 13.8 Å². The molecule has 2 rings (SSSR count). The van der Waals surface area contributed by atoms with Gasteiger partial charge in [0.1, 0.15) is 11.5 Å². The SMILES string of the molecule is CCOc1cccc(OCC(=O)c2cc(C)sc2C)c1. The van der Waals surface area contributed by atoms with E-state index in [0.717, 1.165) is 21.1 Å². The average molecular weight is 290 g/mol. The quantitative estimate of drug-likeness (QED) is 0.754. The van der Waals surface area contributed by atoms with E-state index in [0.29, 0.717) is 12.4 Å². The summed E-state index contributed by atoms with van der Waals surface area (Å²) in [6, 6.07) is 9.25. The van der Waals surface area contributed by atoms with Crippen LogP contribution in [0.25, 0.3) is 0 Å². The number of hydrogen-bond donors (Lipinski definition) is 0. The zero-order chi connectivity index (χ0) is 14.5. The average Bonchev–Trinajstić information content (AvgIpc) is 2.76. The molecule has 1 aromatic heterocycles. The standard InChI is InChI=1S/C16H18O3S/c1-4-18-13-6-5-7-14(9-13)19-10-16(17)15-8-11(2)20-12(15)3/h5-9H,4,10H2,1-3H3. The van der Waals surface area contributed by atoms with Gasteiger partial charge in [-0.15, -0.1) is 11.3 Å². The molecule has 0 aliphatic rings. The van der Waals surface area contributed by atoms with Gasteiger partial charge in [0.25, 0.3) is 0 Å². The molecule has 2 aromatic rings. The summed E-state index contributed by atoms with van der Waals surface area (Å²) < 4.78 is 10.9. The second-order valence-corrected chi connectivity index (χ2v) is 5.91. The fourth-order valence-electron chi connectivity index (χ4n) is 1.95. The van der Waals surface area contributed by atoms with Gasteiger partial charge in [0.05, 0.1) is 6.61 Å². The molecular weight excluding hydrogens is 272 g/mol. The lowest BCUT2D eigenvalue weighted by molar-refractivity contribution is 0.0921. The lowest BCUT2D eigenvalue weighted by atomic mass is 10.2. The van der Waals surface area contributed by atoms with Crippen molar-refractivity contribution in [2.45, 2.75) is 20.8 Å². The first-order chi connectivity index (χ1) is 9.60. The van der Waals surface area contributed by atoms with Crippen LogP contribution >= 0.6 is 11.3 Å². The minimum Gasteiger partial charge on any atom is -0.494 e. The molecule has 0 bridgehead atoms. The van der Waals surface area contributed by atoms with Crippen LogP contribution in [-0.2, 0) is 0 Å². The van der Waals surface area contributed by atoms with Gasteiger partial charge in [-0.2, -0.15) is 0 Å². The molecule has 0 saturated carbocycles. The first kappa shape index (κ1) is 14.6. The largest absolute Gasteiger partial charge is 0.494 e. The second kappa shape index (κ2) is 6.57. The molecule has 20 heavy (non-hydrogen) atoms. The number of ketones is 1. The highest BCUT2D eigenvalue weighted by atomic mass is 32.1. The number of rotatable bonds is 6. The summed E-state index contributed by atoms with van der Waals surface area (Å²) in [5.74, 6) is 1.41. The fraction of sp³-hybridized carbons (Fsp3) is 0.312. The summed E-state index contributed by atoms with van der Waals surface area (Å²) in [7, 11) is 0. The smallest absolute Gasteiger partial charge is 0.201 e. The molecule has 0 saturated heterocycles. The van der Waals surface area contributed by atoms with E-state index in [4.69, 9.17) is 9.47 Å². The number of hydrogen-bond acceptors (Lipinski definition) is 4. The molecule has 106 valence electrons. The van der Waals surface area contributed by atoms with Crippen LogP contribution in [0.2, 0.25) is 0 Å². The van der Waals surface area contributed by atoms with E-state index in [-0.39, 0.29) is 12.4 Å². The summed E-state index contributed by atoms with van der Waals surface area (Å²) in [5, 5.41) is 0. The Morgan fingerprint density at radius 1 is 1.15 bits per heavy atom. The predicted molar refractivity (Wildman–Crippen MR) is 81.2 cm³/mol. The Balaban J connectivity index is 1.99. The minimum atomic E-state index is 0.00802. The Morgan fingerprint density at radius 2 is 1.85 bits per heavy atom. The Labute approximate surface area is 123 Å². The van der Waals surface area contributed by atoms with Crippen molar-refractivity contribution in [1.29, 1.82) is 0 Å². The van der Waals surface area contributed by atoms with Gasteiger partial charge in [-0.3, -0.25) is 4.79 Å². The van der Waals surface area contributed by atoms with E-state index in [9.17, 15) is 4.79 Å². The van der Waals surface area contributed by atoms with Crippen molar-refractivity contribution in [2.75, 3.05) is 13.2 Å². The Morgan fingerprint density at radius 3 is 2.45 bits per heavy atom. The first-order valence-corrected chi connectivity index (χ1v) is 7.37. The van der Waals surface area contributed by atoms with Crippen molar-refractivity contribution in [3.8, 4) is 11.5 Å². The third-order valence-electron chi connectivity index (χ3n) is 2.83. The predicted octanol–water partition coefficient (Wildman–Crippen LogP) is 4.03. The van der Waals surface area contributed by atoms with Crippen LogP contribution in [0.3, 0.4) is 0 Å². The zero-order valence-electron chi connectivity index (χ0n) is 11.9. The number of aryl methyl sites for hydroxylation is 2. The zero-order valence-corrected chi connectivity index (χ0v) is 12.8. The molecule has 0 amide bonds. The van der Waals surface area contributed by atoms with Gasteiger partial charge < -0.3 is 9.47 Å². The van der Waals surface area contributed by atoms with Gasteiger partial charge in [0.2, 0.25) is 5.78 Å². The number of carbonyl (C=O) groups is 1. The molecule has 0 fully saturated rings. The molecule has 3 nitrogen and oxygen atoms in total. The third-order valence-corrected chi connectivity index (χ3v) is 3.79. The van der Waals surface area contributed by atoms with Crippen molar-refractivity contribution in [2.24, 2.45) is 0 Å². The Hall–Kier alpha value is -1.81. The van der Waals surface area contributed by atoms with Crippen molar-refractivity contribution in [3.63, 3.8) is 0 Å². The van der Waals surface area contributed by atoms with Gasteiger partial charge in [0, 0.05) is 21.4 Å². The van der Waals surface area contributed by atoms with E-state index < -0.39 is 0 Å². The first-order valence-electron chi connectivity index (χ1n) is 6.56. The van der Waals surface area contributed by atoms with Crippen LogP contribution in [0.1, 0.15) is 27.0 Å². The van der Waals surface area contributed by atoms with E-state index in [2.05, 4.69) is 0 Å². The number of thiophene rings is 1. The van der Waals surface area contributed by atoms with Gasteiger partial charge in [0.15, 0.2) is 6.61 Å². The Bertz CT molecular complexity index is 602. The third kappa shape index (κ3) is 3.61. The highest BCUT2D eigenvalue weighted by molar-refractivity contribution is 7.12. The Kier molecular flexibility index (Phi) is 4.79. The molecule has 1 heterocycles. The van der Waals surface area contributed by atoms with E-state index in [1.165, 1.54) is 0 Å². The molecule has 1 aromatic carbocycles. The highest BCUT2D eigenvalue weighted by Gasteiger charge is 2.12. The molecule has 0 aliphatic heterocycles. The van der Waals surface area contributed by atoms with E-state index in [1.807, 2.05) is 45.0 Å². The minimum absolute atomic E-state index is 0.00802. The summed E-state index contributed by atoms with van der Waals surface area (Å²) >= 11 is 1.63. The van der Waals surface area contributed by atoms with Gasteiger partial charge in [-0.25, -0.2) is 0 Å². The lowest BCUT2D eigenvalue weighted by Crippen LogP contribution is -2.11.